The molecule has 1 saturated heterocycles. The first-order chi connectivity index (χ1) is 12.4. The third-order valence-electron chi connectivity index (χ3n) is 4.12. The zero-order chi connectivity index (χ0) is 19.0. The van der Waals surface area contributed by atoms with E-state index in [0.29, 0.717) is 39.5 Å². The maximum Gasteiger partial charge on any atom is 0.246 e. The van der Waals surface area contributed by atoms with Gasteiger partial charge in [-0.25, -0.2) is 8.42 Å². The van der Waals surface area contributed by atoms with Crippen LogP contribution in [-0.2, 0) is 24.3 Å². The molecule has 0 bridgehead atoms. The molecule has 1 aliphatic rings. The zero-order valence-corrected chi connectivity index (χ0v) is 16.1. The first kappa shape index (κ1) is 20.6. The van der Waals surface area contributed by atoms with Gasteiger partial charge >= 0.3 is 0 Å². The van der Waals surface area contributed by atoms with Crippen LogP contribution in [0.2, 0.25) is 0 Å². The molecule has 7 nitrogen and oxygen atoms in total. The summed E-state index contributed by atoms with van der Waals surface area (Å²) in [6, 6.07) is 6.53. The number of ether oxygens (including phenoxy) is 2. The van der Waals surface area contributed by atoms with E-state index in [9.17, 15) is 13.2 Å². The lowest BCUT2D eigenvalue weighted by Gasteiger charge is -2.26. The van der Waals surface area contributed by atoms with Crippen molar-refractivity contribution >= 4 is 22.0 Å². The fraction of sp³-hybridized carbons (Fsp3) is 0.500. The van der Waals surface area contributed by atoms with Gasteiger partial charge in [0, 0.05) is 46.5 Å². The van der Waals surface area contributed by atoms with E-state index in [1.54, 1.807) is 49.4 Å². The lowest BCUT2D eigenvalue weighted by atomic mass is 10.2. The van der Waals surface area contributed by atoms with Crippen LogP contribution in [0.1, 0.15) is 12.0 Å². The minimum absolute atomic E-state index is 0.105. The van der Waals surface area contributed by atoms with Crippen molar-refractivity contribution in [3.05, 3.63) is 35.9 Å². The van der Waals surface area contributed by atoms with E-state index in [1.807, 2.05) is 0 Å². The second kappa shape index (κ2) is 9.82. The van der Waals surface area contributed by atoms with Gasteiger partial charge in [0.1, 0.15) is 0 Å². The summed E-state index contributed by atoms with van der Waals surface area (Å²) in [4.78, 5) is 13.9. The van der Waals surface area contributed by atoms with Crippen molar-refractivity contribution in [1.29, 1.82) is 0 Å². The standard InChI is InChI=1S/C18H26N2O5S/c1-19(10-3-13-24-2)18(21)9-6-16-4-7-17(8-5-16)26(22,23)20-11-14-25-15-12-20/h4-9H,3,10-15H2,1-2H3/b9-6+. The van der Waals surface area contributed by atoms with Gasteiger partial charge in [0.05, 0.1) is 18.1 Å². The highest BCUT2D eigenvalue weighted by molar-refractivity contribution is 7.89. The normalized spacial score (nSPS) is 16.1. The van der Waals surface area contributed by atoms with Crippen LogP contribution in [0.4, 0.5) is 0 Å². The number of amides is 1. The summed E-state index contributed by atoms with van der Waals surface area (Å²) >= 11 is 0. The summed E-state index contributed by atoms with van der Waals surface area (Å²) in [7, 11) is -0.128. The summed E-state index contributed by atoms with van der Waals surface area (Å²) in [5.74, 6) is -0.105. The number of nitrogens with zero attached hydrogens (tertiary/aromatic N) is 2. The molecule has 1 fully saturated rings. The van der Waals surface area contributed by atoms with Crippen LogP contribution >= 0.6 is 0 Å². The van der Waals surface area contributed by atoms with Gasteiger partial charge in [0.25, 0.3) is 0 Å². The molecular weight excluding hydrogens is 356 g/mol. The SMILES string of the molecule is COCCCN(C)C(=O)/C=C/c1ccc(S(=O)(=O)N2CCOCC2)cc1. The maximum atomic E-state index is 12.6. The Balaban J connectivity index is 1.97. The number of methoxy groups -OCH3 is 1. The highest BCUT2D eigenvalue weighted by Crippen LogP contribution is 2.18. The molecule has 0 saturated carbocycles. The second-order valence-electron chi connectivity index (χ2n) is 6.02. The number of likely N-dealkylation sites (N-methyl/N-ethyl adjacent to an activating group) is 1. The Kier molecular flexibility index (Phi) is 7.77. The molecule has 1 amide bonds. The number of carbonyl (C=O) groups excluding carboxylic acids is 1. The molecule has 0 spiro atoms. The van der Waals surface area contributed by atoms with Gasteiger partial charge in [-0.1, -0.05) is 12.1 Å². The molecule has 144 valence electrons. The van der Waals surface area contributed by atoms with E-state index in [-0.39, 0.29) is 10.8 Å². The predicted octanol–water partition coefficient (Wildman–Crippen LogP) is 1.22. The van der Waals surface area contributed by atoms with Gasteiger partial charge in [0.2, 0.25) is 15.9 Å². The smallest absolute Gasteiger partial charge is 0.246 e. The minimum atomic E-state index is -3.49. The Bertz CT molecular complexity index is 710. The molecule has 1 aromatic rings. The van der Waals surface area contributed by atoms with E-state index in [1.165, 1.54) is 10.4 Å². The molecule has 0 radical (unpaired) electrons. The number of morpholine rings is 1. The molecule has 1 heterocycles. The number of rotatable bonds is 8. The Morgan fingerprint density at radius 3 is 2.54 bits per heavy atom. The Morgan fingerprint density at radius 1 is 1.27 bits per heavy atom. The average Bonchev–Trinajstić information content (AvgIpc) is 2.67. The van der Waals surface area contributed by atoms with Gasteiger partial charge in [-0.2, -0.15) is 4.31 Å². The number of benzene rings is 1. The monoisotopic (exact) mass is 382 g/mol. The summed E-state index contributed by atoms with van der Waals surface area (Å²) in [5.41, 5.74) is 0.768. The number of hydrogen-bond donors (Lipinski definition) is 0. The van der Waals surface area contributed by atoms with E-state index in [2.05, 4.69) is 0 Å². The van der Waals surface area contributed by atoms with E-state index < -0.39 is 10.0 Å². The van der Waals surface area contributed by atoms with Crippen molar-refractivity contribution in [2.24, 2.45) is 0 Å². The third-order valence-corrected chi connectivity index (χ3v) is 6.04. The highest BCUT2D eigenvalue weighted by Gasteiger charge is 2.25. The topological polar surface area (TPSA) is 76.2 Å². The molecule has 8 heteroatoms. The van der Waals surface area contributed by atoms with Crippen molar-refractivity contribution in [1.82, 2.24) is 9.21 Å². The van der Waals surface area contributed by atoms with Crippen molar-refractivity contribution in [3.8, 4) is 0 Å². The van der Waals surface area contributed by atoms with Crippen molar-refractivity contribution in [2.75, 3.05) is 53.6 Å². The molecule has 1 aromatic carbocycles. The van der Waals surface area contributed by atoms with E-state index in [0.717, 1.165) is 12.0 Å². The summed E-state index contributed by atoms with van der Waals surface area (Å²) < 4.78 is 36.7. The Hall–Kier alpha value is -1.74. The number of sulfonamides is 1. The van der Waals surface area contributed by atoms with Crippen molar-refractivity contribution in [3.63, 3.8) is 0 Å². The summed E-state index contributed by atoms with van der Waals surface area (Å²) in [6.45, 7) is 2.80. The van der Waals surface area contributed by atoms with Crippen LogP contribution in [0, 0.1) is 0 Å². The fourth-order valence-electron chi connectivity index (χ4n) is 2.54. The number of carbonyl (C=O) groups is 1. The molecular formula is C18H26N2O5S. The second-order valence-corrected chi connectivity index (χ2v) is 7.96. The van der Waals surface area contributed by atoms with Crippen LogP contribution in [0.5, 0.6) is 0 Å². The summed E-state index contributed by atoms with van der Waals surface area (Å²) in [6.07, 6.45) is 3.94. The highest BCUT2D eigenvalue weighted by atomic mass is 32.2. The fourth-order valence-corrected chi connectivity index (χ4v) is 3.95. The zero-order valence-electron chi connectivity index (χ0n) is 15.3. The van der Waals surface area contributed by atoms with Crippen LogP contribution in [0.15, 0.2) is 35.2 Å². The Morgan fingerprint density at radius 2 is 1.92 bits per heavy atom. The minimum Gasteiger partial charge on any atom is -0.385 e. The first-order valence-corrected chi connectivity index (χ1v) is 9.99. The van der Waals surface area contributed by atoms with E-state index >= 15 is 0 Å². The third kappa shape index (κ3) is 5.63. The Labute approximate surface area is 155 Å². The first-order valence-electron chi connectivity index (χ1n) is 8.55. The average molecular weight is 382 g/mol. The molecule has 1 aliphatic heterocycles. The van der Waals surface area contributed by atoms with Crippen LogP contribution in [0.25, 0.3) is 6.08 Å². The van der Waals surface area contributed by atoms with E-state index in [4.69, 9.17) is 9.47 Å². The predicted molar refractivity (Wildman–Crippen MR) is 99.2 cm³/mol. The maximum absolute atomic E-state index is 12.6. The van der Waals surface area contributed by atoms with Crippen molar-refractivity contribution in [2.45, 2.75) is 11.3 Å². The van der Waals surface area contributed by atoms with Gasteiger partial charge < -0.3 is 14.4 Å². The van der Waals surface area contributed by atoms with Crippen molar-refractivity contribution < 1.29 is 22.7 Å². The molecule has 0 atom stereocenters. The molecule has 2 rings (SSSR count). The van der Waals surface area contributed by atoms with Gasteiger partial charge in [-0.05, 0) is 30.2 Å². The van der Waals surface area contributed by atoms with Crippen LogP contribution in [-0.4, -0.2) is 77.1 Å². The van der Waals surface area contributed by atoms with Gasteiger partial charge in [-0.3, -0.25) is 4.79 Å². The van der Waals surface area contributed by atoms with Crippen LogP contribution < -0.4 is 0 Å². The molecule has 0 unspecified atom stereocenters. The molecule has 26 heavy (non-hydrogen) atoms. The quantitative estimate of drug-likeness (QED) is 0.499. The van der Waals surface area contributed by atoms with Gasteiger partial charge in [0.15, 0.2) is 0 Å². The lowest BCUT2D eigenvalue weighted by molar-refractivity contribution is -0.124. The lowest BCUT2D eigenvalue weighted by Crippen LogP contribution is -2.40. The van der Waals surface area contributed by atoms with Crippen LogP contribution in [0.3, 0.4) is 0 Å². The number of hydrogen-bond acceptors (Lipinski definition) is 5. The largest absolute Gasteiger partial charge is 0.385 e. The summed E-state index contributed by atoms with van der Waals surface area (Å²) in [5, 5.41) is 0. The van der Waals surface area contributed by atoms with Gasteiger partial charge in [-0.15, -0.1) is 0 Å². The molecule has 0 aliphatic carbocycles. The molecule has 0 N–H and O–H groups in total. The molecule has 0 aromatic heterocycles.